The summed E-state index contributed by atoms with van der Waals surface area (Å²) in [6.07, 6.45) is 1.62. The van der Waals surface area contributed by atoms with Crippen LogP contribution in [0.15, 0.2) is 72.9 Å². The van der Waals surface area contributed by atoms with Gasteiger partial charge in [-0.3, -0.25) is 9.48 Å². The number of pyridine rings is 1. The first-order chi connectivity index (χ1) is 20.6. The van der Waals surface area contributed by atoms with Gasteiger partial charge in [0.05, 0.1) is 41.7 Å². The molecular formula is C32H34FN7O3. The number of nitriles is 1. The fraction of sp³-hybridized carbons (Fsp3) is 0.281. The maximum Gasteiger partial charge on any atom is 0.407 e. The summed E-state index contributed by atoms with van der Waals surface area (Å²) in [5, 5.41) is 22.7. The average molecular weight is 584 g/mol. The van der Waals surface area contributed by atoms with E-state index in [1.807, 2.05) is 12.1 Å². The van der Waals surface area contributed by atoms with Crippen LogP contribution in [0.25, 0.3) is 11.3 Å². The summed E-state index contributed by atoms with van der Waals surface area (Å²) >= 11 is 0. The first-order valence-corrected chi connectivity index (χ1v) is 13.9. The van der Waals surface area contributed by atoms with E-state index >= 15 is 0 Å². The molecule has 4 rings (SSSR count). The van der Waals surface area contributed by atoms with Crippen LogP contribution in [0.4, 0.5) is 15.0 Å². The minimum absolute atomic E-state index is 0.188. The van der Waals surface area contributed by atoms with Crippen molar-refractivity contribution >= 4 is 17.8 Å². The van der Waals surface area contributed by atoms with Crippen LogP contribution in [0.1, 0.15) is 48.0 Å². The molecule has 0 atom stereocenters. The minimum atomic E-state index is -0.593. The molecule has 0 saturated heterocycles. The lowest BCUT2D eigenvalue weighted by molar-refractivity contribution is 0.0525. The molecule has 11 heteroatoms. The fourth-order valence-corrected chi connectivity index (χ4v) is 4.30. The molecule has 2 amide bonds. The van der Waals surface area contributed by atoms with Gasteiger partial charge in [0.2, 0.25) is 0 Å². The zero-order valence-electron chi connectivity index (χ0n) is 24.4. The number of nitrogens with zero attached hydrogens (tertiary/aromatic N) is 4. The number of ether oxygens (including phenoxy) is 1. The molecule has 0 aliphatic carbocycles. The summed E-state index contributed by atoms with van der Waals surface area (Å²) in [4.78, 5) is 30.0. The Balaban J connectivity index is 1.46. The number of carbonyl (C=O) groups excluding carboxylic acids is 2. The molecule has 10 nitrogen and oxygen atoms in total. The number of rotatable bonds is 11. The van der Waals surface area contributed by atoms with Crippen molar-refractivity contribution < 1.29 is 18.7 Å². The Kier molecular flexibility index (Phi) is 10.1. The SMILES string of the molecule is CC(C)(C)OC(=O)NCCn1nccc1CNC(=O)c1ccc(-c2ccccc2C#N)nc1NCCc1cccc(F)c1. The van der Waals surface area contributed by atoms with Gasteiger partial charge in [0, 0.05) is 24.8 Å². The predicted molar refractivity (Wildman–Crippen MR) is 161 cm³/mol. The van der Waals surface area contributed by atoms with Crippen molar-refractivity contribution in [3.05, 3.63) is 101 Å². The Labute approximate surface area is 249 Å². The Hall–Kier alpha value is -5.24. The summed E-state index contributed by atoms with van der Waals surface area (Å²) < 4.78 is 20.6. The molecule has 0 spiro atoms. The highest BCUT2D eigenvalue weighted by Crippen LogP contribution is 2.25. The highest BCUT2D eigenvalue weighted by molar-refractivity contribution is 5.99. The molecule has 2 aromatic heterocycles. The number of carbonyl (C=O) groups is 2. The Morgan fingerprint density at radius 2 is 1.84 bits per heavy atom. The van der Waals surface area contributed by atoms with Crippen LogP contribution in [0.2, 0.25) is 0 Å². The third-order valence-corrected chi connectivity index (χ3v) is 6.28. The molecule has 0 radical (unpaired) electrons. The monoisotopic (exact) mass is 583 g/mol. The van der Waals surface area contributed by atoms with E-state index in [9.17, 15) is 19.2 Å². The maximum absolute atomic E-state index is 13.7. The third-order valence-electron chi connectivity index (χ3n) is 6.28. The van der Waals surface area contributed by atoms with E-state index < -0.39 is 11.7 Å². The Morgan fingerprint density at radius 3 is 2.60 bits per heavy atom. The first-order valence-electron chi connectivity index (χ1n) is 13.9. The van der Waals surface area contributed by atoms with Crippen molar-refractivity contribution in [2.45, 2.75) is 45.9 Å². The van der Waals surface area contributed by atoms with Crippen LogP contribution in [0.5, 0.6) is 0 Å². The number of anilines is 1. The number of nitrogens with one attached hydrogen (secondary N) is 3. The number of benzene rings is 2. The molecule has 0 fully saturated rings. The van der Waals surface area contributed by atoms with E-state index in [-0.39, 0.29) is 18.3 Å². The second-order valence-corrected chi connectivity index (χ2v) is 10.7. The lowest BCUT2D eigenvalue weighted by atomic mass is 10.0. The first kappa shape index (κ1) is 30.7. The van der Waals surface area contributed by atoms with Crippen molar-refractivity contribution in [2.75, 3.05) is 18.4 Å². The topological polar surface area (TPSA) is 134 Å². The van der Waals surface area contributed by atoms with E-state index in [2.05, 4.69) is 27.1 Å². The summed E-state index contributed by atoms with van der Waals surface area (Å²) in [6.45, 7) is 6.65. The molecule has 0 unspecified atom stereocenters. The molecule has 0 saturated carbocycles. The van der Waals surface area contributed by atoms with E-state index in [0.29, 0.717) is 54.3 Å². The smallest absolute Gasteiger partial charge is 0.407 e. The van der Waals surface area contributed by atoms with Crippen molar-refractivity contribution in [2.24, 2.45) is 0 Å². The van der Waals surface area contributed by atoms with Crippen LogP contribution in [-0.4, -0.2) is 45.5 Å². The average Bonchev–Trinajstić information content (AvgIpc) is 3.42. The molecule has 2 heterocycles. The zero-order chi connectivity index (χ0) is 30.8. The molecule has 3 N–H and O–H groups in total. The Morgan fingerprint density at radius 1 is 1.02 bits per heavy atom. The quantitative estimate of drug-likeness (QED) is 0.225. The van der Waals surface area contributed by atoms with E-state index in [4.69, 9.17) is 9.72 Å². The van der Waals surface area contributed by atoms with Gasteiger partial charge in [0.1, 0.15) is 17.2 Å². The number of halogens is 1. The molecule has 0 aliphatic heterocycles. The number of alkyl carbamates (subject to hydrolysis) is 1. The van der Waals surface area contributed by atoms with Crippen LogP contribution < -0.4 is 16.0 Å². The molecule has 4 aromatic rings. The van der Waals surface area contributed by atoms with Gasteiger partial charge in [-0.1, -0.05) is 30.3 Å². The summed E-state index contributed by atoms with van der Waals surface area (Å²) in [7, 11) is 0. The van der Waals surface area contributed by atoms with E-state index in [0.717, 1.165) is 11.3 Å². The molecule has 0 bridgehead atoms. The summed E-state index contributed by atoms with van der Waals surface area (Å²) in [5.74, 6) is -0.333. The molecule has 43 heavy (non-hydrogen) atoms. The van der Waals surface area contributed by atoms with Gasteiger partial charge in [0.25, 0.3) is 5.91 Å². The maximum atomic E-state index is 13.7. The van der Waals surface area contributed by atoms with Crippen molar-refractivity contribution in [3.63, 3.8) is 0 Å². The lowest BCUT2D eigenvalue weighted by Crippen LogP contribution is -2.34. The van der Waals surface area contributed by atoms with Gasteiger partial charge in [-0.25, -0.2) is 14.2 Å². The second-order valence-electron chi connectivity index (χ2n) is 10.7. The molecule has 222 valence electrons. The molecular weight excluding hydrogens is 549 g/mol. The van der Waals surface area contributed by atoms with Gasteiger partial charge in [-0.05, 0) is 69.2 Å². The minimum Gasteiger partial charge on any atom is -0.444 e. The third kappa shape index (κ3) is 8.87. The van der Waals surface area contributed by atoms with Gasteiger partial charge < -0.3 is 20.7 Å². The molecule has 2 aromatic carbocycles. The highest BCUT2D eigenvalue weighted by Gasteiger charge is 2.18. The van der Waals surface area contributed by atoms with Crippen molar-refractivity contribution in [1.29, 1.82) is 5.26 Å². The van der Waals surface area contributed by atoms with Gasteiger partial charge in [-0.15, -0.1) is 0 Å². The summed E-state index contributed by atoms with van der Waals surface area (Å²) in [6, 6.07) is 20.8. The zero-order valence-corrected chi connectivity index (χ0v) is 24.4. The van der Waals surface area contributed by atoms with Gasteiger partial charge >= 0.3 is 6.09 Å². The van der Waals surface area contributed by atoms with Crippen LogP contribution in [-0.2, 0) is 24.2 Å². The number of aromatic nitrogens is 3. The van der Waals surface area contributed by atoms with E-state index in [1.165, 1.54) is 12.1 Å². The fourth-order valence-electron chi connectivity index (χ4n) is 4.30. The van der Waals surface area contributed by atoms with Gasteiger partial charge in [-0.2, -0.15) is 10.4 Å². The normalized spacial score (nSPS) is 11.0. The largest absolute Gasteiger partial charge is 0.444 e. The lowest BCUT2D eigenvalue weighted by Gasteiger charge is -2.19. The number of hydrogen-bond donors (Lipinski definition) is 3. The highest BCUT2D eigenvalue weighted by atomic mass is 19.1. The van der Waals surface area contributed by atoms with Crippen LogP contribution in [0, 0.1) is 17.1 Å². The predicted octanol–water partition coefficient (Wildman–Crippen LogP) is 5.07. The second kappa shape index (κ2) is 14.1. The standard InChI is InChI=1S/C32H34FN7O3/c1-32(2,3)43-31(42)36-17-18-40-25(14-16-38-40)21-37-30(41)27-11-12-28(26-10-5-4-8-23(26)20-34)39-29(27)35-15-13-22-7-6-9-24(33)19-22/h4-12,14,16,19H,13,15,17-18,21H2,1-3H3,(H,35,39)(H,36,42)(H,37,41). The van der Waals surface area contributed by atoms with Gasteiger partial charge in [0.15, 0.2) is 0 Å². The Bertz CT molecular complexity index is 1620. The summed E-state index contributed by atoms with van der Waals surface area (Å²) in [5.41, 5.74) is 2.92. The van der Waals surface area contributed by atoms with E-state index in [1.54, 1.807) is 74.1 Å². The van der Waals surface area contributed by atoms with Crippen molar-refractivity contribution in [1.82, 2.24) is 25.4 Å². The number of hydrogen-bond acceptors (Lipinski definition) is 7. The van der Waals surface area contributed by atoms with Crippen molar-refractivity contribution in [3.8, 4) is 17.3 Å². The van der Waals surface area contributed by atoms with Crippen LogP contribution >= 0.6 is 0 Å². The molecule has 0 aliphatic rings. The van der Waals surface area contributed by atoms with Crippen LogP contribution in [0.3, 0.4) is 0 Å². The number of amides is 2.